The molecular weight excluding hydrogens is 520 g/mol. The summed E-state index contributed by atoms with van der Waals surface area (Å²) in [5.74, 6) is 2.17. The van der Waals surface area contributed by atoms with E-state index in [1.807, 2.05) is 13.8 Å². The zero-order valence-electron chi connectivity index (χ0n) is 26.6. The van der Waals surface area contributed by atoms with Gasteiger partial charge >= 0.3 is 12.1 Å². The number of alkyl carbamates (subject to hydrolysis) is 1. The lowest BCUT2D eigenvalue weighted by atomic mass is 9.44. The maximum Gasteiger partial charge on any atom is 0.408 e. The predicted octanol–water partition coefficient (Wildman–Crippen LogP) is 5.81. The predicted molar refractivity (Wildman–Crippen MR) is 157 cm³/mol. The number of ether oxygens (including phenoxy) is 2. The van der Waals surface area contributed by atoms with Gasteiger partial charge in [0.25, 0.3) is 0 Å². The number of fused-ring (bicyclic) bond motifs is 5. The maximum absolute atomic E-state index is 13.3. The summed E-state index contributed by atoms with van der Waals surface area (Å²) >= 11 is 0. The average Bonchev–Trinajstić information content (AvgIpc) is 3.22. The lowest BCUT2D eigenvalue weighted by Gasteiger charge is -2.61. The Balaban J connectivity index is 1.32. The maximum atomic E-state index is 13.3. The monoisotopic (exact) mass is 574 g/mol. The van der Waals surface area contributed by atoms with E-state index in [1.54, 1.807) is 27.7 Å². The Kier molecular flexibility index (Phi) is 9.21. The second-order valence-electron chi connectivity index (χ2n) is 15.4. The Bertz CT molecular complexity index is 1020. The number of amides is 2. The van der Waals surface area contributed by atoms with E-state index >= 15 is 0 Å². The van der Waals surface area contributed by atoms with Crippen molar-refractivity contribution in [1.82, 2.24) is 10.6 Å². The van der Waals surface area contributed by atoms with Crippen LogP contribution in [0.25, 0.3) is 0 Å². The van der Waals surface area contributed by atoms with Crippen LogP contribution in [0.4, 0.5) is 4.79 Å². The van der Waals surface area contributed by atoms with Gasteiger partial charge in [-0.3, -0.25) is 9.59 Å². The molecule has 4 rings (SSSR count). The summed E-state index contributed by atoms with van der Waals surface area (Å²) in [5.41, 5.74) is -0.241. The Morgan fingerprint density at radius 1 is 0.902 bits per heavy atom. The van der Waals surface area contributed by atoms with Gasteiger partial charge in [-0.1, -0.05) is 27.7 Å². The van der Waals surface area contributed by atoms with E-state index < -0.39 is 29.6 Å². The molecule has 232 valence electrons. The molecule has 4 fully saturated rings. The molecule has 0 saturated heterocycles. The van der Waals surface area contributed by atoms with Crippen molar-refractivity contribution in [3.63, 3.8) is 0 Å². The molecule has 4 aliphatic carbocycles. The van der Waals surface area contributed by atoms with Gasteiger partial charge in [0.15, 0.2) is 0 Å². The van der Waals surface area contributed by atoms with Crippen molar-refractivity contribution < 1.29 is 28.7 Å². The number of Topliss-reactive ketones (excluding diaryl/α,β-unsaturated/α-hetero) is 1. The summed E-state index contributed by atoms with van der Waals surface area (Å²) in [6.07, 6.45) is 8.94. The number of rotatable bonds is 7. The molecule has 0 heterocycles. The Labute approximate surface area is 246 Å². The second-order valence-corrected chi connectivity index (χ2v) is 15.4. The number of nitrogens with one attached hydrogen (secondary N) is 2. The van der Waals surface area contributed by atoms with E-state index in [-0.39, 0.29) is 35.3 Å². The largest absolute Gasteiger partial charge is 0.461 e. The van der Waals surface area contributed by atoms with Crippen molar-refractivity contribution in [2.24, 2.45) is 46.3 Å². The molecule has 2 N–H and O–H groups in total. The highest BCUT2D eigenvalue weighted by molar-refractivity contribution is 5.87. The van der Waals surface area contributed by atoms with E-state index in [4.69, 9.17) is 9.47 Å². The first-order valence-corrected chi connectivity index (χ1v) is 16.0. The third-order valence-corrected chi connectivity index (χ3v) is 11.4. The minimum atomic E-state index is -0.778. The van der Waals surface area contributed by atoms with E-state index in [1.165, 1.54) is 19.3 Å². The molecule has 4 aliphatic rings. The van der Waals surface area contributed by atoms with E-state index in [2.05, 4.69) is 24.5 Å². The fourth-order valence-electron chi connectivity index (χ4n) is 9.42. The van der Waals surface area contributed by atoms with Crippen LogP contribution >= 0.6 is 0 Å². The van der Waals surface area contributed by atoms with Crippen LogP contribution in [-0.2, 0) is 23.9 Å². The molecule has 0 aromatic rings. The number of ketones is 1. The van der Waals surface area contributed by atoms with Gasteiger partial charge < -0.3 is 20.1 Å². The topological polar surface area (TPSA) is 111 Å². The summed E-state index contributed by atoms with van der Waals surface area (Å²) in [4.78, 5) is 50.1. The van der Waals surface area contributed by atoms with Gasteiger partial charge in [-0.25, -0.2) is 9.59 Å². The molecular formula is C33H54N2O6. The fourth-order valence-corrected chi connectivity index (χ4v) is 9.42. The molecule has 0 spiro atoms. The molecule has 8 nitrogen and oxygen atoms in total. The quantitative estimate of drug-likeness (QED) is 0.371. The van der Waals surface area contributed by atoms with Crippen molar-refractivity contribution in [2.75, 3.05) is 6.54 Å². The molecule has 0 bridgehead atoms. The first kappa shape index (κ1) is 31.8. The van der Waals surface area contributed by atoms with E-state index in [0.717, 1.165) is 38.5 Å². The SMILES string of the molecule is CC(=O)[C@H]1CC[C@H]2[C@@H]3CC[C@H]4C[C@H](OC(=O)C(NC(=O)CNC(=O)OC(C)(C)C)C(C)C)CC[C@]4(C)[C@H]3CC[C@]12C. The standard InChI is InChI=1S/C33H54N2O6/c1-19(2)28(35-27(37)18-34-30(39)41-31(4,5)6)29(38)40-22-13-15-32(7)21(17-22)9-10-23-25-12-11-24(20(3)36)33(25,8)16-14-26(23)32/h19,21-26,28H,9-18H2,1-8H3,(H,34,39)(H,35,37)/t21-,22+,23-,24+,25-,26-,28?,32-,33+/m0/s1. The van der Waals surface area contributed by atoms with Crippen LogP contribution in [0.3, 0.4) is 0 Å². The van der Waals surface area contributed by atoms with Crippen LogP contribution < -0.4 is 10.6 Å². The Hall–Kier alpha value is -2.12. The van der Waals surface area contributed by atoms with Crippen LogP contribution in [0.1, 0.15) is 113 Å². The van der Waals surface area contributed by atoms with Crippen LogP contribution in [0.5, 0.6) is 0 Å². The normalized spacial score (nSPS) is 37.2. The zero-order valence-corrected chi connectivity index (χ0v) is 26.6. The summed E-state index contributed by atoms with van der Waals surface area (Å²) in [7, 11) is 0. The third kappa shape index (κ3) is 6.61. The Morgan fingerprint density at radius 2 is 1.56 bits per heavy atom. The third-order valence-electron chi connectivity index (χ3n) is 11.4. The van der Waals surface area contributed by atoms with Crippen molar-refractivity contribution >= 4 is 23.8 Å². The van der Waals surface area contributed by atoms with Gasteiger partial charge in [0.05, 0.1) is 0 Å². The number of esters is 1. The molecule has 9 atom stereocenters. The Morgan fingerprint density at radius 3 is 2.20 bits per heavy atom. The van der Waals surface area contributed by atoms with Crippen LogP contribution in [-0.4, -0.2) is 48.0 Å². The zero-order chi connectivity index (χ0) is 30.3. The minimum absolute atomic E-state index is 0.141. The van der Waals surface area contributed by atoms with Crippen molar-refractivity contribution in [2.45, 2.75) is 131 Å². The smallest absolute Gasteiger partial charge is 0.408 e. The molecule has 8 heteroatoms. The lowest BCUT2D eigenvalue weighted by Crippen LogP contribution is -2.55. The van der Waals surface area contributed by atoms with Crippen LogP contribution in [0, 0.1) is 46.3 Å². The van der Waals surface area contributed by atoms with E-state index in [0.29, 0.717) is 29.5 Å². The van der Waals surface area contributed by atoms with Gasteiger partial charge in [-0.05, 0) is 126 Å². The van der Waals surface area contributed by atoms with Crippen molar-refractivity contribution in [3.05, 3.63) is 0 Å². The summed E-state index contributed by atoms with van der Waals surface area (Å²) in [6, 6.07) is -0.778. The minimum Gasteiger partial charge on any atom is -0.461 e. The van der Waals surface area contributed by atoms with Crippen LogP contribution in [0.15, 0.2) is 0 Å². The van der Waals surface area contributed by atoms with Crippen molar-refractivity contribution in [1.29, 1.82) is 0 Å². The molecule has 41 heavy (non-hydrogen) atoms. The number of carbonyl (C=O) groups is 4. The molecule has 4 saturated carbocycles. The highest BCUT2D eigenvalue weighted by atomic mass is 16.6. The number of hydrogen-bond acceptors (Lipinski definition) is 6. The molecule has 1 unspecified atom stereocenters. The first-order valence-electron chi connectivity index (χ1n) is 16.0. The number of hydrogen-bond donors (Lipinski definition) is 2. The summed E-state index contributed by atoms with van der Waals surface area (Å²) in [6.45, 7) is 15.4. The highest BCUT2D eigenvalue weighted by Gasteiger charge is 2.61. The van der Waals surface area contributed by atoms with Gasteiger partial charge in [-0.15, -0.1) is 0 Å². The van der Waals surface area contributed by atoms with Crippen molar-refractivity contribution in [3.8, 4) is 0 Å². The van der Waals surface area contributed by atoms with Crippen LogP contribution in [0.2, 0.25) is 0 Å². The fraction of sp³-hybridized carbons (Fsp3) is 0.879. The number of carbonyl (C=O) groups excluding carboxylic acids is 4. The highest BCUT2D eigenvalue weighted by Crippen LogP contribution is 2.67. The van der Waals surface area contributed by atoms with Gasteiger partial charge in [-0.2, -0.15) is 0 Å². The second kappa shape index (κ2) is 11.9. The molecule has 0 aromatic heterocycles. The van der Waals surface area contributed by atoms with E-state index in [9.17, 15) is 19.2 Å². The molecule has 0 aliphatic heterocycles. The van der Waals surface area contributed by atoms with Gasteiger partial charge in [0.2, 0.25) is 5.91 Å². The lowest BCUT2D eigenvalue weighted by molar-refractivity contribution is -0.166. The van der Waals surface area contributed by atoms with Gasteiger partial charge in [0.1, 0.15) is 30.1 Å². The van der Waals surface area contributed by atoms with Gasteiger partial charge in [0, 0.05) is 5.92 Å². The molecule has 2 amide bonds. The average molecular weight is 575 g/mol. The summed E-state index contributed by atoms with van der Waals surface area (Å²) < 4.78 is 11.2. The molecule has 0 radical (unpaired) electrons. The first-order chi connectivity index (χ1) is 19.0. The summed E-state index contributed by atoms with van der Waals surface area (Å²) in [5, 5.41) is 5.20. The molecule has 0 aromatic carbocycles.